The van der Waals surface area contributed by atoms with Gasteiger partial charge in [-0.15, -0.1) is 0 Å². The summed E-state index contributed by atoms with van der Waals surface area (Å²) in [6.07, 6.45) is 0. The molecule has 74 valence electrons. The third kappa shape index (κ3) is 1.93. The van der Waals surface area contributed by atoms with Crippen LogP contribution in [0.3, 0.4) is 0 Å². The van der Waals surface area contributed by atoms with Crippen molar-refractivity contribution in [1.29, 1.82) is 0 Å². The molecular formula is C11H13NO2. The summed E-state index contributed by atoms with van der Waals surface area (Å²) in [6.45, 7) is 1.24. The van der Waals surface area contributed by atoms with Gasteiger partial charge < -0.3 is 9.47 Å². The molecule has 1 atom stereocenters. The molecule has 3 heteroatoms. The molecule has 0 spiro atoms. The highest BCUT2D eigenvalue weighted by Crippen LogP contribution is 2.11. The van der Waals surface area contributed by atoms with Gasteiger partial charge in [-0.05, 0) is 12.1 Å². The zero-order valence-corrected chi connectivity index (χ0v) is 8.14. The van der Waals surface area contributed by atoms with Gasteiger partial charge in [0.2, 0.25) is 5.90 Å². The maximum absolute atomic E-state index is 5.47. The van der Waals surface area contributed by atoms with Crippen LogP contribution in [0.4, 0.5) is 0 Å². The summed E-state index contributed by atoms with van der Waals surface area (Å²) in [7, 11) is 1.68. The molecule has 1 aromatic carbocycles. The lowest BCUT2D eigenvalue weighted by atomic mass is 10.2. The molecule has 1 aliphatic heterocycles. The van der Waals surface area contributed by atoms with Gasteiger partial charge in [0, 0.05) is 12.7 Å². The lowest BCUT2D eigenvalue weighted by molar-refractivity contribution is 0.165. The highest BCUT2D eigenvalue weighted by atomic mass is 16.5. The van der Waals surface area contributed by atoms with Crippen molar-refractivity contribution >= 4 is 5.90 Å². The largest absolute Gasteiger partial charge is 0.475 e. The number of hydrogen-bond acceptors (Lipinski definition) is 3. The van der Waals surface area contributed by atoms with Gasteiger partial charge in [0.1, 0.15) is 12.6 Å². The molecule has 0 radical (unpaired) electrons. The Kier molecular flexibility index (Phi) is 2.79. The molecule has 0 N–H and O–H groups in total. The van der Waals surface area contributed by atoms with Gasteiger partial charge in [0.05, 0.1) is 6.61 Å². The van der Waals surface area contributed by atoms with E-state index in [0.29, 0.717) is 13.2 Å². The number of benzene rings is 1. The minimum Gasteiger partial charge on any atom is -0.475 e. The fourth-order valence-electron chi connectivity index (χ4n) is 1.43. The zero-order chi connectivity index (χ0) is 9.80. The van der Waals surface area contributed by atoms with Crippen molar-refractivity contribution in [3.05, 3.63) is 35.9 Å². The van der Waals surface area contributed by atoms with Gasteiger partial charge in [-0.1, -0.05) is 18.2 Å². The van der Waals surface area contributed by atoms with Crippen molar-refractivity contribution in [1.82, 2.24) is 0 Å². The van der Waals surface area contributed by atoms with Gasteiger partial charge in [0.25, 0.3) is 0 Å². The summed E-state index contributed by atoms with van der Waals surface area (Å²) in [4.78, 5) is 4.42. The van der Waals surface area contributed by atoms with E-state index >= 15 is 0 Å². The predicted octanol–water partition coefficient (Wildman–Crippen LogP) is 1.48. The summed E-state index contributed by atoms with van der Waals surface area (Å²) in [5.74, 6) is 0.729. The average molecular weight is 191 g/mol. The molecule has 1 aliphatic rings. The molecule has 2 rings (SSSR count). The third-order valence-corrected chi connectivity index (χ3v) is 2.09. The minimum atomic E-state index is 0.148. The van der Waals surface area contributed by atoms with Crippen LogP contribution in [-0.2, 0) is 9.47 Å². The summed E-state index contributed by atoms with van der Waals surface area (Å²) in [6, 6.07) is 10.1. The number of methoxy groups -OCH3 is 1. The van der Waals surface area contributed by atoms with E-state index in [2.05, 4.69) is 4.99 Å². The van der Waals surface area contributed by atoms with Crippen molar-refractivity contribution < 1.29 is 9.47 Å². The van der Waals surface area contributed by atoms with Gasteiger partial charge in [-0.25, -0.2) is 4.99 Å². The smallest absolute Gasteiger partial charge is 0.216 e. The van der Waals surface area contributed by atoms with E-state index < -0.39 is 0 Å². The monoisotopic (exact) mass is 191 g/mol. The van der Waals surface area contributed by atoms with Crippen molar-refractivity contribution in [3.63, 3.8) is 0 Å². The van der Waals surface area contributed by atoms with Gasteiger partial charge in [-0.3, -0.25) is 0 Å². The Balaban J connectivity index is 2.10. The molecule has 1 heterocycles. The number of hydrogen-bond donors (Lipinski definition) is 0. The first-order chi connectivity index (χ1) is 6.90. The molecular weight excluding hydrogens is 178 g/mol. The van der Waals surface area contributed by atoms with E-state index in [-0.39, 0.29) is 6.04 Å². The molecule has 0 saturated heterocycles. The molecule has 0 aromatic heterocycles. The van der Waals surface area contributed by atoms with Crippen molar-refractivity contribution in [2.75, 3.05) is 20.3 Å². The molecule has 0 saturated carbocycles. The summed E-state index contributed by atoms with van der Waals surface area (Å²) >= 11 is 0. The first-order valence-electron chi connectivity index (χ1n) is 4.65. The molecule has 0 aliphatic carbocycles. The Morgan fingerprint density at radius 1 is 1.43 bits per heavy atom. The van der Waals surface area contributed by atoms with Crippen molar-refractivity contribution in [2.24, 2.45) is 4.99 Å². The standard InChI is InChI=1S/C11H13NO2/c1-13-7-10-8-14-11(12-10)9-5-3-2-4-6-9/h2-6,10H,7-8H2,1H3. The third-order valence-electron chi connectivity index (χ3n) is 2.09. The lowest BCUT2D eigenvalue weighted by Crippen LogP contribution is -2.12. The van der Waals surface area contributed by atoms with Crippen LogP contribution < -0.4 is 0 Å². The second kappa shape index (κ2) is 4.24. The lowest BCUT2D eigenvalue weighted by Gasteiger charge is -2.00. The Bertz CT molecular complexity index is 321. The molecule has 3 nitrogen and oxygen atoms in total. The van der Waals surface area contributed by atoms with Crippen LogP contribution >= 0.6 is 0 Å². The molecule has 0 fully saturated rings. The highest BCUT2D eigenvalue weighted by molar-refractivity contribution is 5.95. The summed E-state index contributed by atoms with van der Waals surface area (Å²) in [5.41, 5.74) is 1.03. The van der Waals surface area contributed by atoms with Crippen molar-refractivity contribution in [2.45, 2.75) is 6.04 Å². The maximum Gasteiger partial charge on any atom is 0.216 e. The quantitative estimate of drug-likeness (QED) is 0.724. The van der Waals surface area contributed by atoms with E-state index in [1.54, 1.807) is 7.11 Å². The molecule has 0 amide bonds. The Morgan fingerprint density at radius 3 is 2.93 bits per heavy atom. The normalized spacial score (nSPS) is 20.4. The molecule has 14 heavy (non-hydrogen) atoms. The Morgan fingerprint density at radius 2 is 2.21 bits per heavy atom. The number of nitrogens with zero attached hydrogens (tertiary/aromatic N) is 1. The second-order valence-electron chi connectivity index (χ2n) is 3.22. The van der Waals surface area contributed by atoms with E-state index in [4.69, 9.17) is 9.47 Å². The van der Waals surface area contributed by atoms with Crippen LogP contribution in [0.2, 0.25) is 0 Å². The SMILES string of the molecule is COCC1COC(c2ccccc2)=N1. The number of rotatable bonds is 3. The van der Waals surface area contributed by atoms with Gasteiger partial charge >= 0.3 is 0 Å². The van der Waals surface area contributed by atoms with Crippen LogP contribution in [0, 0.1) is 0 Å². The van der Waals surface area contributed by atoms with E-state index in [0.717, 1.165) is 11.5 Å². The summed E-state index contributed by atoms with van der Waals surface area (Å²) in [5, 5.41) is 0. The fourth-order valence-corrected chi connectivity index (χ4v) is 1.43. The topological polar surface area (TPSA) is 30.8 Å². The molecule has 1 unspecified atom stereocenters. The van der Waals surface area contributed by atoms with Crippen LogP contribution in [0.15, 0.2) is 35.3 Å². The zero-order valence-electron chi connectivity index (χ0n) is 8.14. The first kappa shape index (κ1) is 9.21. The highest BCUT2D eigenvalue weighted by Gasteiger charge is 2.19. The second-order valence-corrected chi connectivity index (χ2v) is 3.22. The van der Waals surface area contributed by atoms with Crippen molar-refractivity contribution in [3.8, 4) is 0 Å². The average Bonchev–Trinajstić information content (AvgIpc) is 2.68. The number of ether oxygens (including phenoxy) is 2. The summed E-state index contributed by atoms with van der Waals surface area (Å²) < 4.78 is 10.5. The van der Waals surface area contributed by atoms with E-state index in [1.165, 1.54) is 0 Å². The maximum atomic E-state index is 5.47. The van der Waals surface area contributed by atoms with Crippen LogP contribution in [0.25, 0.3) is 0 Å². The fraction of sp³-hybridized carbons (Fsp3) is 0.364. The van der Waals surface area contributed by atoms with Crippen LogP contribution in [0.5, 0.6) is 0 Å². The molecule has 1 aromatic rings. The first-order valence-corrected chi connectivity index (χ1v) is 4.65. The minimum absolute atomic E-state index is 0.148. The van der Waals surface area contributed by atoms with Gasteiger partial charge in [-0.2, -0.15) is 0 Å². The number of aliphatic imine (C=N–C) groups is 1. The Labute approximate surface area is 83.4 Å². The van der Waals surface area contributed by atoms with Crippen LogP contribution in [-0.4, -0.2) is 32.3 Å². The van der Waals surface area contributed by atoms with Gasteiger partial charge in [0.15, 0.2) is 0 Å². The predicted molar refractivity (Wildman–Crippen MR) is 54.6 cm³/mol. The Hall–Kier alpha value is -1.35. The van der Waals surface area contributed by atoms with E-state index in [1.807, 2.05) is 30.3 Å². The van der Waals surface area contributed by atoms with E-state index in [9.17, 15) is 0 Å². The molecule has 0 bridgehead atoms. The van der Waals surface area contributed by atoms with Crippen LogP contribution in [0.1, 0.15) is 5.56 Å².